The fraction of sp³-hybridized carbons (Fsp3) is 0.308. The predicted molar refractivity (Wildman–Crippen MR) is 136 cm³/mol. The van der Waals surface area contributed by atoms with Crippen molar-refractivity contribution in [2.24, 2.45) is 16.0 Å². The van der Waals surface area contributed by atoms with Gasteiger partial charge in [-0.2, -0.15) is 5.10 Å². The van der Waals surface area contributed by atoms with Gasteiger partial charge in [0.05, 0.1) is 41.3 Å². The molecular formula is C26H26Cl2N4O. The van der Waals surface area contributed by atoms with Crippen LogP contribution in [0, 0.1) is 5.92 Å². The summed E-state index contributed by atoms with van der Waals surface area (Å²) in [6, 6.07) is 14.8. The van der Waals surface area contributed by atoms with Crippen molar-refractivity contribution in [1.29, 1.82) is 0 Å². The minimum Gasteiger partial charge on any atom is -0.490 e. The largest absolute Gasteiger partial charge is 0.490 e. The molecule has 2 N–H and O–H groups in total. The van der Waals surface area contributed by atoms with Gasteiger partial charge in [-0.3, -0.25) is 4.99 Å². The van der Waals surface area contributed by atoms with E-state index in [9.17, 15) is 0 Å². The van der Waals surface area contributed by atoms with Gasteiger partial charge < -0.3 is 15.1 Å². The van der Waals surface area contributed by atoms with Gasteiger partial charge in [-0.15, -0.1) is 12.4 Å². The zero-order chi connectivity index (χ0) is 21.5. The molecule has 0 atom stereocenters. The number of nitrogens with one attached hydrogen (secondary N) is 2. The molecule has 2 aromatic carbocycles. The highest BCUT2D eigenvalue weighted by Gasteiger charge is 2.30. The Morgan fingerprint density at radius 2 is 1.82 bits per heavy atom. The van der Waals surface area contributed by atoms with E-state index in [1.807, 2.05) is 12.2 Å². The fourth-order valence-electron chi connectivity index (χ4n) is 5.09. The standard InChI is InChI=1S/C26H25ClN4O.ClH/c27-19-11-12-28-25-22-15-29-31-24(26(22)30-23(25)14-19)17-6-8-20(9-7-17)32-21-10-5-16-3-1-2-4-18(16)13-21;/h1-5,10-11,13-14,17,20,29-30H,6-9,12,15H2;1H. The number of allylic oxidation sites excluding steroid dienone is 1. The monoisotopic (exact) mass is 480 g/mol. The van der Waals surface area contributed by atoms with Crippen LogP contribution < -0.4 is 20.9 Å². The van der Waals surface area contributed by atoms with E-state index >= 15 is 0 Å². The summed E-state index contributed by atoms with van der Waals surface area (Å²) in [4.78, 5) is 8.30. The number of ether oxygens (including phenoxy) is 1. The molecule has 1 aliphatic carbocycles. The van der Waals surface area contributed by atoms with E-state index in [1.165, 1.54) is 16.3 Å². The van der Waals surface area contributed by atoms with Crippen molar-refractivity contribution in [3.05, 3.63) is 75.5 Å². The van der Waals surface area contributed by atoms with Gasteiger partial charge in [0.25, 0.3) is 0 Å². The fourth-order valence-corrected chi connectivity index (χ4v) is 5.27. The van der Waals surface area contributed by atoms with Gasteiger partial charge in [0.2, 0.25) is 0 Å². The molecule has 3 aliphatic rings. The van der Waals surface area contributed by atoms with Crippen LogP contribution in [0.15, 0.2) is 63.7 Å². The summed E-state index contributed by atoms with van der Waals surface area (Å²) in [6.07, 6.45) is 8.32. The number of hydrogen-bond acceptors (Lipinski definition) is 4. The van der Waals surface area contributed by atoms with Crippen molar-refractivity contribution in [1.82, 2.24) is 10.4 Å². The zero-order valence-corrected chi connectivity index (χ0v) is 19.8. The lowest BCUT2D eigenvalue weighted by Crippen LogP contribution is -2.33. The average Bonchev–Trinajstić information content (AvgIpc) is 3.05. The second-order valence-corrected chi connectivity index (χ2v) is 9.18. The van der Waals surface area contributed by atoms with Gasteiger partial charge in [-0.05, 0) is 60.7 Å². The maximum atomic E-state index is 6.36. The molecule has 7 heteroatoms. The maximum Gasteiger partial charge on any atom is 0.120 e. The number of H-pyrrole nitrogens is 1. The zero-order valence-electron chi connectivity index (χ0n) is 18.2. The number of hydrogen-bond donors (Lipinski definition) is 2. The summed E-state index contributed by atoms with van der Waals surface area (Å²) in [6.45, 7) is 1.30. The highest BCUT2D eigenvalue weighted by Crippen LogP contribution is 2.32. The molecule has 170 valence electrons. The number of halogens is 2. The normalized spacial score (nSPS) is 21.6. The van der Waals surface area contributed by atoms with E-state index in [4.69, 9.17) is 26.4 Å². The van der Waals surface area contributed by atoms with Crippen molar-refractivity contribution in [2.75, 3.05) is 6.54 Å². The molecule has 33 heavy (non-hydrogen) atoms. The van der Waals surface area contributed by atoms with E-state index < -0.39 is 0 Å². The first-order valence-electron chi connectivity index (χ1n) is 11.3. The summed E-state index contributed by atoms with van der Waals surface area (Å²) in [5.41, 5.74) is 6.68. The quantitative estimate of drug-likeness (QED) is 0.576. The number of hydrazone groups is 1. The Kier molecular flexibility index (Phi) is 6.17. The molecule has 0 radical (unpaired) electrons. The third kappa shape index (κ3) is 4.28. The Balaban J connectivity index is 0.00000228. The van der Waals surface area contributed by atoms with Crippen LogP contribution in [0.1, 0.15) is 36.9 Å². The molecule has 6 rings (SSSR count). The second kappa shape index (κ2) is 9.24. The van der Waals surface area contributed by atoms with Crippen LogP contribution in [0.25, 0.3) is 16.8 Å². The lowest BCUT2D eigenvalue weighted by molar-refractivity contribution is 0.145. The van der Waals surface area contributed by atoms with Crippen molar-refractivity contribution < 1.29 is 4.74 Å². The third-order valence-corrected chi connectivity index (χ3v) is 6.98. The Hall–Kier alpha value is -2.76. The summed E-state index contributed by atoms with van der Waals surface area (Å²) in [7, 11) is 0. The number of benzene rings is 2. The molecule has 1 saturated carbocycles. The van der Waals surface area contributed by atoms with Crippen LogP contribution in [0.4, 0.5) is 0 Å². The molecule has 3 aromatic rings. The van der Waals surface area contributed by atoms with Gasteiger partial charge in [0, 0.05) is 16.5 Å². The lowest BCUT2D eigenvalue weighted by atomic mass is 9.82. The van der Waals surface area contributed by atoms with E-state index in [-0.39, 0.29) is 18.5 Å². The van der Waals surface area contributed by atoms with E-state index in [2.05, 4.69) is 52.9 Å². The lowest BCUT2D eigenvalue weighted by Gasteiger charge is -2.30. The Morgan fingerprint density at radius 1 is 1.00 bits per heavy atom. The van der Waals surface area contributed by atoms with Gasteiger partial charge in [-0.1, -0.05) is 41.9 Å². The molecule has 0 bridgehead atoms. The first-order chi connectivity index (χ1) is 15.7. The van der Waals surface area contributed by atoms with Crippen molar-refractivity contribution >= 4 is 46.6 Å². The molecule has 1 aromatic heterocycles. The summed E-state index contributed by atoms with van der Waals surface area (Å²) >= 11 is 6.28. The maximum absolute atomic E-state index is 6.36. The van der Waals surface area contributed by atoms with E-state index in [0.717, 1.165) is 58.6 Å². The number of rotatable bonds is 3. The first kappa shape index (κ1) is 22.1. The van der Waals surface area contributed by atoms with Crippen LogP contribution in [-0.2, 0) is 6.54 Å². The molecule has 0 amide bonds. The SMILES string of the molecule is Cl.ClC1=CCN=c2c3c([nH]c2=C1)C(C1CCC(Oc2ccc4ccccc4c2)CC1)=NNC3. The Morgan fingerprint density at radius 3 is 2.67 bits per heavy atom. The van der Waals surface area contributed by atoms with Crippen LogP contribution in [0.2, 0.25) is 0 Å². The topological polar surface area (TPSA) is 61.8 Å². The second-order valence-electron chi connectivity index (χ2n) is 8.75. The third-order valence-electron chi connectivity index (χ3n) is 6.72. The first-order valence-corrected chi connectivity index (χ1v) is 11.7. The molecule has 2 aliphatic heterocycles. The van der Waals surface area contributed by atoms with Crippen molar-refractivity contribution in [2.45, 2.75) is 38.3 Å². The Bertz CT molecular complexity index is 1370. The van der Waals surface area contributed by atoms with E-state index in [0.29, 0.717) is 19.0 Å². The summed E-state index contributed by atoms with van der Waals surface area (Å²) in [5.74, 6) is 1.37. The minimum absolute atomic E-state index is 0. The predicted octanol–water partition coefficient (Wildman–Crippen LogP) is 4.57. The van der Waals surface area contributed by atoms with Crippen molar-refractivity contribution in [3.63, 3.8) is 0 Å². The van der Waals surface area contributed by atoms with Crippen LogP contribution in [-0.4, -0.2) is 23.3 Å². The Labute approximate surface area is 203 Å². The smallest absolute Gasteiger partial charge is 0.120 e. The highest BCUT2D eigenvalue weighted by molar-refractivity contribution is 6.34. The summed E-state index contributed by atoms with van der Waals surface area (Å²) in [5, 5.41) is 9.90. The molecule has 3 heterocycles. The number of aromatic amines is 1. The average molecular weight is 481 g/mol. The van der Waals surface area contributed by atoms with Crippen molar-refractivity contribution in [3.8, 4) is 5.75 Å². The molecular weight excluding hydrogens is 455 g/mol. The minimum atomic E-state index is 0. The van der Waals surface area contributed by atoms with E-state index in [1.54, 1.807) is 0 Å². The van der Waals surface area contributed by atoms with Gasteiger partial charge >= 0.3 is 0 Å². The number of aromatic nitrogens is 1. The van der Waals surface area contributed by atoms with Crippen LogP contribution >= 0.6 is 24.0 Å². The molecule has 5 nitrogen and oxygen atoms in total. The summed E-state index contributed by atoms with van der Waals surface area (Å²) < 4.78 is 6.36. The van der Waals surface area contributed by atoms with Gasteiger partial charge in [-0.25, -0.2) is 0 Å². The van der Waals surface area contributed by atoms with Gasteiger partial charge in [0.1, 0.15) is 5.75 Å². The molecule has 1 fully saturated rings. The van der Waals surface area contributed by atoms with Crippen LogP contribution in [0.5, 0.6) is 5.75 Å². The molecule has 0 saturated heterocycles. The molecule has 0 spiro atoms. The molecule has 0 unspecified atom stereocenters. The highest BCUT2D eigenvalue weighted by atomic mass is 35.5. The number of fused-ring (bicyclic) bond motifs is 4. The van der Waals surface area contributed by atoms with Gasteiger partial charge in [0.15, 0.2) is 0 Å². The van der Waals surface area contributed by atoms with Crippen LogP contribution in [0.3, 0.4) is 0 Å². The number of nitrogens with zero attached hydrogens (tertiary/aromatic N) is 2.